The molecule has 26 heavy (non-hydrogen) atoms. The Labute approximate surface area is 143 Å². The van der Waals surface area contributed by atoms with Crippen LogP contribution in [-0.4, -0.2) is 0 Å². The highest BCUT2D eigenvalue weighted by atomic mass is 19.4. The monoisotopic (exact) mass is 384 g/mol. The molecule has 142 valence electrons. The van der Waals surface area contributed by atoms with Gasteiger partial charge in [0.2, 0.25) is 0 Å². The van der Waals surface area contributed by atoms with Gasteiger partial charge in [0.1, 0.15) is 17.1 Å². The maximum absolute atomic E-state index is 14.1. The van der Waals surface area contributed by atoms with Gasteiger partial charge < -0.3 is 4.74 Å². The second kappa shape index (κ2) is 7.13. The minimum atomic E-state index is -5.02. The lowest BCUT2D eigenvalue weighted by Gasteiger charge is -2.20. The number of hydrogen-bond acceptors (Lipinski definition) is 1. The summed E-state index contributed by atoms with van der Waals surface area (Å²) in [6.07, 6.45) is -8.87. The molecule has 0 bridgehead atoms. The molecule has 0 fully saturated rings. The topological polar surface area (TPSA) is 9.23 Å². The predicted octanol–water partition coefficient (Wildman–Crippen LogP) is 6.20. The first-order chi connectivity index (χ1) is 12.0. The first-order valence-corrected chi connectivity index (χ1v) is 7.38. The molecule has 0 aliphatic rings. The van der Waals surface area contributed by atoms with Crippen molar-refractivity contribution < 1.29 is 39.9 Å². The van der Waals surface area contributed by atoms with Gasteiger partial charge in [0.15, 0.2) is 11.6 Å². The zero-order valence-corrected chi connectivity index (χ0v) is 13.2. The van der Waals surface area contributed by atoms with E-state index in [1.807, 2.05) is 0 Å². The third kappa shape index (κ3) is 4.08. The van der Waals surface area contributed by atoms with E-state index >= 15 is 0 Å². The van der Waals surface area contributed by atoms with Crippen LogP contribution in [0.5, 0.6) is 5.75 Å². The van der Waals surface area contributed by atoms with E-state index in [2.05, 4.69) is 4.74 Å². The summed E-state index contributed by atoms with van der Waals surface area (Å²) in [4.78, 5) is 0. The van der Waals surface area contributed by atoms with E-state index < -0.39 is 46.6 Å². The van der Waals surface area contributed by atoms with Gasteiger partial charge in [0.05, 0.1) is 5.56 Å². The molecule has 2 rings (SSSR count). The van der Waals surface area contributed by atoms with Crippen molar-refractivity contribution in [2.45, 2.75) is 32.1 Å². The second-order valence-electron chi connectivity index (χ2n) is 5.41. The molecule has 0 unspecified atom stereocenters. The highest BCUT2D eigenvalue weighted by molar-refractivity contribution is 5.33. The fourth-order valence-electron chi connectivity index (χ4n) is 2.27. The number of alkyl halides is 5. The maximum atomic E-state index is 14.1. The van der Waals surface area contributed by atoms with Crippen molar-refractivity contribution in [1.82, 2.24) is 0 Å². The van der Waals surface area contributed by atoms with Gasteiger partial charge in [-0.3, -0.25) is 0 Å². The second-order valence-corrected chi connectivity index (χ2v) is 5.41. The van der Waals surface area contributed by atoms with Crippen LogP contribution in [0.15, 0.2) is 30.3 Å². The number of benzene rings is 2. The fraction of sp³-hybridized carbons (Fsp3) is 0.294. The van der Waals surface area contributed by atoms with E-state index in [-0.39, 0.29) is 24.1 Å². The van der Waals surface area contributed by atoms with Crippen molar-refractivity contribution in [1.29, 1.82) is 0 Å². The quantitative estimate of drug-likeness (QED) is 0.558. The normalized spacial score (nSPS) is 12.3. The number of aryl methyl sites for hydroxylation is 1. The van der Waals surface area contributed by atoms with Crippen LogP contribution in [0.25, 0.3) is 0 Å². The number of ether oxygens (including phenoxy) is 1. The maximum Gasteiger partial charge on any atom is 0.429 e. The molecular weight excluding hydrogens is 372 g/mol. The van der Waals surface area contributed by atoms with Crippen LogP contribution in [0.2, 0.25) is 0 Å². The van der Waals surface area contributed by atoms with Gasteiger partial charge in [0.25, 0.3) is 0 Å². The van der Waals surface area contributed by atoms with Gasteiger partial charge in [0, 0.05) is 6.07 Å². The largest absolute Gasteiger partial charge is 0.429 e. The minimum absolute atomic E-state index is 0.0937. The average Bonchev–Trinajstić information content (AvgIpc) is 2.50. The third-order valence-corrected chi connectivity index (χ3v) is 3.49. The van der Waals surface area contributed by atoms with Crippen LogP contribution < -0.4 is 4.74 Å². The number of rotatable bonds is 5. The first kappa shape index (κ1) is 20.0. The minimum Gasteiger partial charge on any atom is -0.429 e. The summed E-state index contributed by atoms with van der Waals surface area (Å²) < 4.78 is 111. The third-order valence-electron chi connectivity index (χ3n) is 3.49. The van der Waals surface area contributed by atoms with Crippen molar-refractivity contribution in [3.63, 3.8) is 0 Å². The molecule has 0 heterocycles. The summed E-state index contributed by atoms with van der Waals surface area (Å²) in [5, 5.41) is 0. The van der Waals surface area contributed by atoms with Crippen LogP contribution in [-0.2, 0) is 18.7 Å². The summed E-state index contributed by atoms with van der Waals surface area (Å²) in [7, 11) is 0. The fourth-order valence-corrected chi connectivity index (χ4v) is 2.27. The van der Waals surface area contributed by atoms with Crippen molar-refractivity contribution in [2.75, 3.05) is 0 Å². The Bertz CT molecular complexity index is 798. The Morgan fingerprint density at radius 2 is 1.46 bits per heavy atom. The standard InChI is InChI=1S/C17H12F8O/c1-2-3-9-4-6-12(15(20)14(9)19)17(24,25)26-10-5-7-11(13(18)8-10)16(21,22)23/h4-8H,2-3H2,1H3. The first-order valence-electron chi connectivity index (χ1n) is 7.38. The van der Waals surface area contributed by atoms with E-state index in [1.54, 1.807) is 6.92 Å². The summed E-state index contributed by atoms with van der Waals surface area (Å²) in [6, 6.07) is 2.34. The molecule has 0 radical (unpaired) electrons. The van der Waals surface area contributed by atoms with Crippen LogP contribution in [0.1, 0.15) is 30.0 Å². The number of hydrogen-bond donors (Lipinski definition) is 0. The average molecular weight is 384 g/mol. The summed E-state index contributed by atoms with van der Waals surface area (Å²) in [5.74, 6) is -6.12. The molecule has 0 aromatic heterocycles. The van der Waals surface area contributed by atoms with E-state index in [9.17, 15) is 35.1 Å². The van der Waals surface area contributed by atoms with Crippen molar-refractivity contribution in [3.8, 4) is 5.75 Å². The molecule has 0 spiro atoms. The van der Waals surface area contributed by atoms with Crippen LogP contribution in [0.3, 0.4) is 0 Å². The summed E-state index contributed by atoms with van der Waals surface area (Å²) >= 11 is 0. The van der Waals surface area contributed by atoms with Gasteiger partial charge in [-0.15, -0.1) is 0 Å². The van der Waals surface area contributed by atoms with Crippen molar-refractivity contribution in [2.24, 2.45) is 0 Å². The van der Waals surface area contributed by atoms with Crippen LogP contribution in [0.4, 0.5) is 35.1 Å². The van der Waals surface area contributed by atoms with Gasteiger partial charge in [-0.25, -0.2) is 13.2 Å². The Balaban J connectivity index is 2.34. The van der Waals surface area contributed by atoms with E-state index in [0.29, 0.717) is 18.6 Å². The molecule has 0 aliphatic heterocycles. The highest BCUT2D eigenvalue weighted by Crippen LogP contribution is 2.37. The zero-order chi connectivity index (χ0) is 19.7. The molecule has 0 aliphatic carbocycles. The Morgan fingerprint density at radius 3 is 2.00 bits per heavy atom. The molecule has 0 saturated carbocycles. The molecule has 9 heteroatoms. The lowest BCUT2D eigenvalue weighted by Crippen LogP contribution is -2.24. The van der Waals surface area contributed by atoms with Crippen molar-refractivity contribution in [3.05, 3.63) is 64.5 Å². The molecule has 0 amide bonds. The smallest absolute Gasteiger partial charge is 0.429 e. The number of halogens is 8. The highest BCUT2D eigenvalue weighted by Gasteiger charge is 2.40. The SMILES string of the molecule is CCCc1ccc(C(F)(F)Oc2ccc(C(F)(F)F)c(F)c2)c(F)c1F. The molecular formula is C17H12F8O. The Morgan fingerprint density at radius 1 is 0.846 bits per heavy atom. The van der Waals surface area contributed by atoms with Crippen molar-refractivity contribution >= 4 is 0 Å². The van der Waals surface area contributed by atoms with Gasteiger partial charge in [-0.2, -0.15) is 22.0 Å². The molecule has 0 atom stereocenters. The predicted molar refractivity (Wildman–Crippen MR) is 76.3 cm³/mol. The molecule has 0 N–H and O–H groups in total. The Kier molecular flexibility index (Phi) is 5.48. The summed E-state index contributed by atoms with van der Waals surface area (Å²) in [6.45, 7) is 1.68. The molecule has 0 saturated heterocycles. The lowest BCUT2D eigenvalue weighted by atomic mass is 10.1. The molecule has 2 aromatic carbocycles. The Hall–Kier alpha value is -2.32. The van der Waals surface area contributed by atoms with E-state index in [0.717, 1.165) is 6.07 Å². The van der Waals surface area contributed by atoms with Gasteiger partial charge in [-0.05, 0) is 30.2 Å². The molecule has 2 aromatic rings. The van der Waals surface area contributed by atoms with Crippen LogP contribution >= 0.6 is 0 Å². The zero-order valence-electron chi connectivity index (χ0n) is 13.2. The molecule has 1 nitrogen and oxygen atoms in total. The lowest BCUT2D eigenvalue weighted by molar-refractivity contribution is -0.187. The van der Waals surface area contributed by atoms with Gasteiger partial charge in [-0.1, -0.05) is 19.4 Å². The van der Waals surface area contributed by atoms with Crippen LogP contribution in [0, 0.1) is 17.5 Å². The van der Waals surface area contributed by atoms with Gasteiger partial charge >= 0.3 is 12.3 Å². The van der Waals surface area contributed by atoms with E-state index in [4.69, 9.17) is 0 Å². The summed E-state index contributed by atoms with van der Waals surface area (Å²) in [5.41, 5.74) is -3.23. The van der Waals surface area contributed by atoms with E-state index in [1.165, 1.54) is 0 Å².